The van der Waals surface area contributed by atoms with Crippen molar-refractivity contribution in [3.63, 3.8) is 0 Å². The van der Waals surface area contributed by atoms with Gasteiger partial charge >= 0.3 is 0 Å². The Hall–Kier alpha value is -0.450. The second kappa shape index (κ2) is 6.82. The predicted molar refractivity (Wildman–Crippen MR) is 82.7 cm³/mol. The fourth-order valence-corrected chi connectivity index (χ4v) is 3.77. The van der Waals surface area contributed by atoms with Crippen molar-refractivity contribution in [1.82, 2.24) is 15.2 Å². The lowest BCUT2D eigenvalue weighted by molar-refractivity contribution is 0.153. The van der Waals surface area contributed by atoms with Crippen LogP contribution in [0.15, 0.2) is 5.38 Å². The molecule has 1 saturated heterocycles. The van der Waals surface area contributed by atoms with Crippen molar-refractivity contribution < 1.29 is 0 Å². The van der Waals surface area contributed by atoms with Crippen LogP contribution in [0.25, 0.3) is 0 Å². The average Bonchev–Trinajstić information content (AvgIpc) is 2.85. The van der Waals surface area contributed by atoms with Crippen LogP contribution in [0.1, 0.15) is 50.4 Å². The van der Waals surface area contributed by atoms with Gasteiger partial charge in [-0.15, -0.1) is 11.3 Å². The largest absolute Gasteiger partial charge is 0.305 e. The van der Waals surface area contributed by atoms with E-state index in [-0.39, 0.29) is 0 Å². The maximum Gasteiger partial charge on any atom is 0.110 e. The minimum absolute atomic E-state index is 0.366. The van der Waals surface area contributed by atoms with Crippen LogP contribution in [0.2, 0.25) is 0 Å². The van der Waals surface area contributed by atoms with Gasteiger partial charge in [-0.05, 0) is 52.6 Å². The van der Waals surface area contributed by atoms with E-state index < -0.39 is 0 Å². The van der Waals surface area contributed by atoms with E-state index in [0.717, 1.165) is 11.6 Å². The van der Waals surface area contributed by atoms with E-state index in [4.69, 9.17) is 0 Å². The maximum atomic E-state index is 4.59. The Kier molecular flexibility index (Phi) is 5.37. The van der Waals surface area contributed by atoms with Crippen molar-refractivity contribution in [2.75, 3.05) is 19.6 Å². The van der Waals surface area contributed by atoms with Gasteiger partial charge in [0.15, 0.2) is 0 Å². The van der Waals surface area contributed by atoms with Gasteiger partial charge < -0.3 is 10.2 Å². The van der Waals surface area contributed by atoms with Gasteiger partial charge in [0.1, 0.15) is 5.01 Å². The van der Waals surface area contributed by atoms with Crippen LogP contribution >= 0.6 is 11.3 Å². The molecule has 3 unspecified atom stereocenters. The quantitative estimate of drug-likeness (QED) is 0.898. The number of rotatable bonds is 5. The van der Waals surface area contributed by atoms with Crippen molar-refractivity contribution in [3.8, 4) is 0 Å². The van der Waals surface area contributed by atoms with E-state index in [2.05, 4.69) is 48.3 Å². The molecule has 2 rings (SSSR count). The Morgan fingerprint density at radius 1 is 1.53 bits per heavy atom. The average molecular weight is 281 g/mol. The highest BCUT2D eigenvalue weighted by molar-refractivity contribution is 7.09. The molecular weight excluding hydrogens is 254 g/mol. The highest BCUT2D eigenvalue weighted by atomic mass is 32.1. The first kappa shape index (κ1) is 14.9. The lowest BCUT2D eigenvalue weighted by Gasteiger charge is -2.36. The number of nitrogens with zero attached hydrogens (tertiary/aromatic N) is 2. The Balaban J connectivity index is 1.87. The van der Waals surface area contributed by atoms with Gasteiger partial charge in [-0.1, -0.05) is 6.92 Å². The molecule has 1 aromatic heterocycles. The Morgan fingerprint density at radius 3 is 2.95 bits per heavy atom. The molecule has 0 bridgehead atoms. The molecule has 4 heteroatoms. The van der Waals surface area contributed by atoms with Gasteiger partial charge in [-0.25, -0.2) is 4.98 Å². The molecule has 2 heterocycles. The van der Waals surface area contributed by atoms with Crippen molar-refractivity contribution >= 4 is 11.3 Å². The molecule has 1 aromatic rings. The summed E-state index contributed by atoms with van der Waals surface area (Å²) in [6.07, 6.45) is 2.70. The van der Waals surface area contributed by atoms with E-state index in [1.54, 1.807) is 11.3 Å². The summed E-state index contributed by atoms with van der Waals surface area (Å²) >= 11 is 1.77. The van der Waals surface area contributed by atoms with Gasteiger partial charge in [-0.3, -0.25) is 0 Å². The molecule has 3 nitrogen and oxygen atoms in total. The number of nitrogens with one attached hydrogen (secondary N) is 1. The van der Waals surface area contributed by atoms with Crippen LogP contribution in [-0.2, 0) is 0 Å². The molecule has 0 aromatic carbocycles. The lowest BCUT2D eigenvalue weighted by Crippen LogP contribution is -2.44. The highest BCUT2D eigenvalue weighted by Crippen LogP contribution is 2.23. The summed E-state index contributed by atoms with van der Waals surface area (Å²) in [5.74, 6) is 0.775. The SMILES string of the molecule is CCN1CCCC(C(C)NC(C)c2nc(C)cs2)C1. The molecule has 0 radical (unpaired) electrons. The number of hydrogen-bond acceptors (Lipinski definition) is 4. The van der Waals surface area contributed by atoms with Crippen LogP contribution in [0.3, 0.4) is 0 Å². The third-order valence-electron chi connectivity index (χ3n) is 4.22. The van der Waals surface area contributed by atoms with E-state index in [1.807, 2.05) is 0 Å². The smallest absolute Gasteiger partial charge is 0.110 e. The summed E-state index contributed by atoms with van der Waals surface area (Å²) in [6.45, 7) is 12.6. The fraction of sp³-hybridized carbons (Fsp3) is 0.800. The summed E-state index contributed by atoms with van der Waals surface area (Å²) in [5.41, 5.74) is 1.14. The summed E-state index contributed by atoms with van der Waals surface area (Å²) in [7, 11) is 0. The van der Waals surface area contributed by atoms with Gasteiger partial charge in [0.2, 0.25) is 0 Å². The van der Waals surface area contributed by atoms with Gasteiger partial charge in [-0.2, -0.15) is 0 Å². The highest BCUT2D eigenvalue weighted by Gasteiger charge is 2.25. The van der Waals surface area contributed by atoms with E-state index in [1.165, 1.54) is 37.5 Å². The second-order valence-corrected chi connectivity index (χ2v) is 6.69. The first-order chi connectivity index (χ1) is 9.10. The number of aromatic nitrogens is 1. The molecule has 0 amide bonds. The van der Waals surface area contributed by atoms with Crippen LogP contribution in [0.5, 0.6) is 0 Å². The van der Waals surface area contributed by atoms with Crippen LogP contribution in [-0.4, -0.2) is 35.6 Å². The molecule has 3 atom stereocenters. The molecule has 1 aliphatic rings. The van der Waals surface area contributed by atoms with Gasteiger partial charge in [0.25, 0.3) is 0 Å². The zero-order chi connectivity index (χ0) is 13.8. The number of piperidine rings is 1. The topological polar surface area (TPSA) is 28.2 Å². The Bertz CT molecular complexity index is 390. The lowest BCUT2D eigenvalue weighted by atomic mass is 9.91. The molecule has 1 aliphatic heterocycles. The molecular formula is C15H27N3S. The Morgan fingerprint density at radius 2 is 2.32 bits per heavy atom. The van der Waals surface area contributed by atoms with Crippen LogP contribution in [0, 0.1) is 12.8 Å². The molecule has 108 valence electrons. The predicted octanol–water partition coefficient (Wildman–Crippen LogP) is 3.22. The van der Waals surface area contributed by atoms with Crippen molar-refractivity contribution in [3.05, 3.63) is 16.1 Å². The standard InChI is InChI=1S/C15H27N3S/c1-5-18-8-6-7-14(9-18)12(3)17-13(4)15-16-11(2)10-19-15/h10,12-14,17H,5-9H2,1-4H3. The minimum atomic E-state index is 0.366. The monoisotopic (exact) mass is 281 g/mol. The number of likely N-dealkylation sites (tertiary alicyclic amines) is 1. The van der Waals surface area contributed by atoms with Crippen molar-refractivity contribution in [2.24, 2.45) is 5.92 Å². The number of hydrogen-bond donors (Lipinski definition) is 1. The zero-order valence-electron chi connectivity index (χ0n) is 12.6. The third kappa shape index (κ3) is 4.01. The normalized spacial score (nSPS) is 24.3. The minimum Gasteiger partial charge on any atom is -0.305 e. The number of thiazole rings is 1. The van der Waals surface area contributed by atoms with Crippen molar-refractivity contribution in [2.45, 2.75) is 52.6 Å². The first-order valence-corrected chi connectivity index (χ1v) is 8.38. The molecule has 0 saturated carbocycles. The second-order valence-electron chi connectivity index (χ2n) is 5.80. The first-order valence-electron chi connectivity index (χ1n) is 7.50. The maximum absolute atomic E-state index is 4.59. The zero-order valence-corrected chi connectivity index (χ0v) is 13.5. The number of aryl methyl sites for hydroxylation is 1. The molecule has 1 N–H and O–H groups in total. The summed E-state index contributed by atoms with van der Waals surface area (Å²) in [4.78, 5) is 7.16. The summed E-state index contributed by atoms with van der Waals surface area (Å²) in [5, 5.41) is 7.10. The van der Waals surface area contributed by atoms with Gasteiger partial charge in [0.05, 0.1) is 6.04 Å². The van der Waals surface area contributed by atoms with E-state index in [9.17, 15) is 0 Å². The third-order valence-corrected chi connectivity index (χ3v) is 5.36. The summed E-state index contributed by atoms with van der Waals surface area (Å²) < 4.78 is 0. The molecule has 0 spiro atoms. The van der Waals surface area contributed by atoms with Crippen molar-refractivity contribution in [1.29, 1.82) is 0 Å². The van der Waals surface area contributed by atoms with E-state index in [0.29, 0.717) is 12.1 Å². The van der Waals surface area contributed by atoms with Gasteiger partial charge in [0, 0.05) is 23.7 Å². The van der Waals surface area contributed by atoms with E-state index >= 15 is 0 Å². The molecule has 0 aliphatic carbocycles. The van der Waals surface area contributed by atoms with Crippen LogP contribution < -0.4 is 5.32 Å². The fourth-order valence-electron chi connectivity index (χ4n) is 2.96. The molecule has 1 fully saturated rings. The Labute approximate surface area is 121 Å². The van der Waals surface area contributed by atoms with Crippen LogP contribution in [0.4, 0.5) is 0 Å². The summed E-state index contributed by atoms with van der Waals surface area (Å²) in [6, 6.07) is 0.930. The molecule has 19 heavy (non-hydrogen) atoms.